The molecule has 0 saturated heterocycles. The molecule has 1 aliphatic rings. The number of esters is 1. The van der Waals surface area contributed by atoms with Gasteiger partial charge in [0.05, 0.1) is 11.5 Å². The molecule has 158 valence electrons. The van der Waals surface area contributed by atoms with Gasteiger partial charge in [0, 0.05) is 17.5 Å². The molecule has 1 aliphatic heterocycles. The zero-order valence-corrected chi connectivity index (χ0v) is 17.4. The normalized spacial score (nSPS) is 13.0. The summed E-state index contributed by atoms with van der Waals surface area (Å²) in [5.41, 5.74) is 1.90. The van der Waals surface area contributed by atoms with E-state index >= 15 is 0 Å². The number of hydrogen-bond donors (Lipinski definition) is 1. The van der Waals surface area contributed by atoms with Crippen LogP contribution in [0, 0.1) is 6.92 Å². The average molecular weight is 431 g/mol. The third-order valence-electron chi connectivity index (χ3n) is 4.82. The molecule has 0 radical (unpaired) electrons. The molecule has 30 heavy (non-hydrogen) atoms. The summed E-state index contributed by atoms with van der Waals surface area (Å²) in [4.78, 5) is 12.1. The van der Waals surface area contributed by atoms with Crippen molar-refractivity contribution >= 4 is 27.0 Å². The molecular weight excluding hydrogens is 410 g/mol. The van der Waals surface area contributed by atoms with Crippen LogP contribution in [0.4, 0.5) is 0 Å². The van der Waals surface area contributed by atoms with E-state index in [1.807, 2.05) is 18.2 Å². The number of carbonyl (C=O) groups excluding carboxylic acids is 1. The molecule has 0 amide bonds. The van der Waals surface area contributed by atoms with E-state index in [-0.39, 0.29) is 30.6 Å². The molecule has 0 unspecified atom stereocenters. The van der Waals surface area contributed by atoms with E-state index in [4.69, 9.17) is 18.6 Å². The highest BCUT2D eigenvalue weighted by atomic mass is 32.2. The summed E-state index contributed by atoms with van der Waals surface area (Å²) in [5, 5.41) is 0.552. The number of sulfonamides is 1. The molecule has 8 nitrogen and oxygen atoms in total. The maximum absolute atomic E-state index is 12.7. The monoisotopic (exact) mass is 431 g/mol. The molecule has 0 atom stereocenters. The van der Waals surface area contributed by atoms with Crippen LogP contribution in [0.2, 0.25) is 0 Å². The van der Waals surface area contributed by atoms with Crippen LogP contribution in [0.1, 0.15) is 28.6 Å². The molecule has 9 heteroatoms. The van der Waals surface area contributed by atoms with E-state index in [2.05, 4.69) is 4.72 Å². The van der Waals surface area contributed by atoms with Gasteiger partial charge >= 0.3 is 5.97 Å². The number of nitrogens with one attached hydrogen (secondary N) is 1. The Labute approximate surface area is 173 Å². The summed E-state index contributed by atoms with van der Waals surface area (Å²) < 4.78 is 49.2. The van der Waals surface area contributed by atoms with Crippen molar-refractivity contribution in [1.29, 1.82) is 0 Å². The van der Waals surface area contributed by atoms with Crippen LogP contribution < -0.4 is 14.2 Å². The van der Waals surface area contributed by atoms with Gasteiger partial charge in [0.15, 0.2) is 11.5 Å². The number of carbonyl (C=O) groups is 1. The van der Waals surface area contributed by atoms with Gasteiger partial charge in [-0.15, -0.1) is 0 Å². The van der Waals surface area contributed by atoms with E-state index in [0.717, 1.165) is 5.56 Å². The number of aryl methyl sites for hydroxylation is 1. The van der Waals surface area contributed by atoms with Crippen molar-refractivity contribution in [2.24, 2.45) is 0 Å². The minimum Gasteiger partial charge on any atom is -0.460 e. The van der Waals surface area contributed by atoms with E-state index in [9.17, 15) is 13.2 Å². The first-order chi connectivity index (χ1) is 14.4. The first-order valence-corrected chi connectivity index (χ1v) is 11.0. The molecule has 0 spiro atoms. The molecule has 3 aromatic rings. The van der Waals surface area contributed by atoms with Crippen LogP contribution >= 0.6 is 0 Å². The maximum Gasteiger partial charge on any atom is 0.374 e. The van der Waals surface area contributed by atoms with Gasteiger partial charge < -0.3 is 18.6 Å². The molecule has 0 aliphatic carbocycles. The van der Waals surface area contributed by atoms with Gasteiger partial charge in [-0.1, -0.05) is 6.07 Å². The quantitative estimate of drug-likeness (QED) is 0.573. The summed E-state index contributed by atoms with van der Waals surface area (Å²) in [6.07, 6.45) is 0.496. The number of hydrogen-bond acceptors (Lipinski definition) is 7. The van der Waals surface area contributed by atoms with Gasteiger partial charge in [0.25, 0.3) is 0 Å². The molecular formula is C21H21NO7S. The topological polar surface area (TPSA) is 104 Å². The van der Waals surface area contributed by atoms with Crippen LogP contribution in [-0.4, -0.2) is 34.3 Å². The Kier molecular flexibility index (Phi) is 5.40. The first kappa shape index (κ1) is 20.2. The fraction of sp³-hybridized carbons (Fsp3) is 0.286. The van der Waals surface area contributed by atoms with Crippen LogP contribution in [0.3, 0.4) is 0 Å². The van der Waals surface area contributed by atoms with Crippen molar-refractivity contribution in [3.63, 3.8) is 0 Å². The van der Waals surface area contributed by atoms with Crippen molar-refractivity contribution in [2.75, 3.05) is 19.9 Å². The number of fused-ring (bicyclic) bond motifs is 2. The third kappa shape index (κ3) is 3.86. The second kappa shape index (κ2) is 8.00. The van der Waals surface area contributed by atoms with Crippen LogP contribution in [0.25, 0.3) is 11.0 Å². The van der Waals surface area contributed by atoms with Crippen LogP contribution in [0.15, 0.2) is 45.7 Å². The van der Waals surface area contributed by atoms with Gasteiger partial charge in [-0.25, -0.2) is 17.9 Å². The molecule has 2 heterocycles. The molecule has 0 bridgehead atoms. The van der Waals surface area contributed by atoms with E-state index < -0.39 is 16.0 Å². The molecule has 0 saturated carbocycles. The molecule has 1 N–H and O–H groups in total. The highest BCUT2D eigenvalue weighted by Crippen LogP contribution is 2.32. The Hall–Kier alpha value is -3.04. The molecule has 2 aromatic carbocycles. The van der Waals surface area contributed by atoms with Crippen molar-refractivity contribution in [1.82, 2.24) is 4.72 Å². The Balaban J connectivity index is 1.49. The number of benzene rings is 2. The Morgan fingerprint density at radius 3 is 2.73 bits per heavy atom. The second-order valence-corrected chi connectivity index (χ2v) is 8.54. The molecule has 1 aromatic heterocycles. The van der Waals surface area contributed by atoms with Crippen molar-refractivity contribution in [3.05, 3.63) is 53.3 Å². The highest BCUT2D eigenvalue weighted by Gasteiger charge is 2.21. The zero-order valence-electron chi connectivity index (χ0n) is 16.6. The summed E-state index contributed by atoms with van der Waals surface area (Å²) in [5.74, 6) is 0.855. The minimum absolute atomic E-state index is 0.0807. The summed E-state index contributed by atoms with van der Waals surface area (Å²) in [6, 6.07) is 10.0. The lowest BCUT2D eigenvalue weighted by molar-refractivity contribution is 0.0491. The largest absolute Gasteiger partial charge is 0.460 e. The second-order valence-electron chi connectivity index (χ2n) is 6.77. The Morgan fingerprint density at radius 1 is 1.13 bits per heavy atom. The summed E-state index contributed by atoms with van der Waals surface area (Å²) >= 11 is 0. The molecule has 4 rings (SSSR count). The maximum atomic E-state index is 12.7. The predicted molar refractivity (Wildman–Crippen MR) is 108 cm³/mol. The van der Waals surface area contributed by atoms with Gasteiger partial charge in [0.2, 0.25) is 22.6 Å². The lowest BCUT2D eigenvalue weighted by atomic mass is 10.1. The zero-order chi connectivity index (χ0) is 21.3. The van der Waals surface area contributed by atoms with Crippen molar-refractivity contribution < 1.29 is 31.8 Å². The van der Waals surface area contributed by atoms with E-state index in [1.54, 1.807) is 13.8 Å². The van der Waals surface area contributed by atoms with Gasteiger partial charge in [-0.2, -0.15) is 0 Å². The standard InChI is InChI=1S/C21H21NO7S/c1-3-26-21(23)20-13(2)16-11-15(5-7-17(16)29-20)30(24,25)22-9-8-14-4-6-18-19(10-14)28-12-27-18/h4-7,10-11,22H,3,8-9,12H2,1-2H3. The average Bonchev–Trinajstić information content (AvgIpc) is 3.32. The lowest BCUT2D eigenvalue weighted by Crippen LogP contribution is -2.26. The number of furan rings is 1. The smallest absolute Gasteiger partial charge is 0.374 e. The summed E-state index contributed by atoms with van der Waals surface area (Å²) in [6.45, 7) is 4.04. The Morgan fingerprint density at radius 2 is 1.93 bits per heavy atom. The van der Waals surface area contributed by atoms with Crippen molar-refractivity contribution in [3.8, 4) is 11.5 Å². The number of ether oxygens (including phenoxy) is 3. The van der Waals surface area contributed by atoms with Gasteiger partial charge in [0.1, 0.15) is 5.58 Å². The predicted octanol–water partition coefficient (Wildman–Crippen LogP) is 3.17. The van der Waals surface area contributed by atoms with Crippen molar-refractivity contribution in [2.45, 2.75) is 25.2 Å². The fourth-order valence-corrected chi connectivity index (χ4v) is 4.33. The Bertz CT molecular complexity index is 1210. The lowest BCUT2D eigenvalue weighted by Gasteiger charge is -2.08. The highest BCUT2D eigenvalue weighted by molar-refractivity contribution is 7.89. The van der Waals surface area contributed by atoms with E-state index in [1.165, 1.54) is 18.2 Å². The van der Waals surface area contributed by atoms with Gasteiger partial charge in [-0.05, 0) is 56.2 Å². The first-order valence-electron chi connectivity index (χ1n) is 9.47. The van der Waals surface area contributed by atoms with Crippen LogP contribution in [0.5, 0.6) is 11.5 Å². The fourth-order valence-electron chi connectivity index (χ4n) is 3.27. The third-order valence-corrected chi connectivity index (χ3v) is 6.28. The van der Waals surface area contributed by atoms with Gasteiger partial charge in [-0.3, -0.25) is 0 Å². The minimum atomic E-state index is -3.74. The summed E-state index contributed by atoms with van der Waals surface area (Å²) in [7, 11) is -3.74. The molecule has 0 fully saturated rings. The number of rotatable bonds is 7. The SMILES string of the molecule is CCOC(=O)c1oc2ccc(S(=O)(=O)NCCc3ccc4c(c3)OCO4)cc2c1C. The van der Waals surface area contributed by atoms with Crippen LogP contribution in [-0.2, 0) is 21.2 Å². The van der Waals surface area contributed by atoms with E-state index in [0.29, 0.717) is 34.5 Å².